The van der Waals surface area contributed by atoms with Crippen molar-refractivity contribution in [3.8, 4) is 6.07 Å². The molecule has 1 rings (SSSR count). The number of halogens is 1. The predicted molar refractivity (Wildman–Crippen MR) is 56.0 cm³/mol. The zero-order chi connectivity index (χ0) is 9.84. The lowest BCUT2D eigenvalue weighted by atomic mass is 10.1. The summed E-state index contributed by atoms with van der Waals surface area (Å²) in [5, 5.41) is 8.67. The summed E-state index contributed by atoms with van der Waals surface area (Å²) >= 11 is 3.29. The molecule has 0 saturated heterocycles. The van der Waals surface area contributed by atoms with E-state index < -0.39 is 0 Å². The smallest absolute Gasteiger partial charge is 0.100 e. The second kappa shape index (κ2) is 4.22. The molecule has 0 aliphatic heterocycles. The van der Waals surface area contributed by atoms with Crippen LogP contribution in [0.15, 0.2) is 35.3 Å². The van der Waals surface area contributed by atoms with Crippen molar-refractivity contribution in [1.82, 2.24) is 0 Å². The summed E-state index contributed by atoms with van der Waals surface area (Å²) in [6, 6.07) is 7.30. The zero-order valence-electron chi connectivity index (χ0n) is 7.00. The van der Waals surface area contributed by atoms with Gasteiger partial charge in [-0.2, -0.15) is 5.26 Å². The van der Waals surface area contributed by atoms with E-state index in [0.717, 1.165) is 10.0 Å². The highest BCUT2D eigenvalue weighted by molar-refractivity contribution is 9.10. The number of nitriles is 1. The van der Waals surface area contributed by atoms with Crippen LogP contribution in [-0.4, -0.2) is 0 Å². The fourth-order valence-corrected chi connectivity index (χ4v) is 1.45. The summed E-state index contributed by atoms with van der Waals surface area (Å²) in [6.45, 7) is 3.60. The SMILES string of the molecule is C=C[C@H](N)c1ccc(C#N)c(Br)c1. The Morgan fingerprint density at radius 3 is 2.77 bits per heavy atom. The van der Waals surface area contributed by atoms with Crippen molar-refractivity contribution in [2.75, 3.05) is 0 Å². The van der Waals surface area contributed by atoms with Crippen LogP contribution in [0.25, 0.3) is 0 Å². The number of rotatable bonds is 2. The Hall–Kier alpha value is -1.11. The summed E-state index contributed by atoms with van der Waals surface area (Å²) in [5.74, 6) is 0. The van der Waals surface area contributed by atoms with Gasteiger partial charge in [0.2, 0.25) is 0 Å². The molecule has 66 valence electrons. The normalized spacial score (nSPS) is 11.8. The molecule has 0 spiro atoms. The van der Waals surface area contributed by atoms with Crippen LogP contribution in [0.1, 0.15) is 17.2 Å². The zero-order valence-corrected chi connectivity index (χ0v) is 8.58. The van der Waals surface area contributed by atoms with Crippen molar-refractivity contribution in [1.29, 1.82) is 5.26 Å². The highest BCUT2D eigenvalue weighted by Gasteiger charge is 2.04. The van der Waals surface area contributed by atoms with Crippen LogP contribution in [0.4, 0.5) is 0 Å². The van der Waals surface area contributed by atoms with Crippen LogP contribution in [0, 0.1) is 11.3 Å². The fraction of sp³-hybridized carbons (Fsp3) is 0.100. The van der Waals surface area contributed by atoms with Gasteiger partial charge in [-0.05, 0) is 33.6 Å². The second-order valence-corrected chi connectivity index (χ2v) is 3.47. The van der Waals surface area contributed by atoms with Crippen LogP contribution in [-0.2, 0) is 0 Å². The van der Waals surface area contributed by atoms with Gasteiger partial charge in [0.05, 0.1) is 5.56 Å². The first kappa shape index (κ1) is 9.97. The minimum atomic E-state index is -0.177. The summed E-state index contributed by atoms with van der Waals surface area (Å²) in [5.41, 5.74) is 7.29. The van der Waals surface area contributed by atoms with Gasteiger partial charge in [0.25, 0.3) is 0 Å². The molecule has 1 aromatic rings. The molecule has 0 amide bonds. The molecule has 0 heterocycles. The largest absolute Gasteiger partial charge is 0.321 e. The highest BCUT2D eigenvalue weighted by Crippen LogP contribution is 2.21. The van der Waals surface area contributed by atoms with Crippen molar-refractivity contribution in [2.45, 2.75) is 6.04 Å². The van der Waals surface area contributed by atoms with Gasteiger partial charge in [0.15, 0.2) is 0 Å². The Morgan fingerprint density at radius 2 is 2.31 bits per heavy atom. The van der Waals surface area contributed by atoms with Crippen LogP contribution in [0.3, 0.4) is 0 Å². The number of hydrogen-bond acceptors (Lipinski definition) is 2. The average molecular weight is 237 g/mol. The molecule has 0 aromatic heterocycles. The average Bonchev–Trinajstić information content (AvgIpc) is 2.16. The third-order valence-corrected chi connectivity index (χ3v) is 2.41. The van der Waals surface area contributed by atoms with Crippen molar-refractivity contribution in [3.63, 3.8) is 0 Å². The van der Waals surface area contributed by atoms with Gasteiger partial charge < -0.3 is 5.73 Å². The van der Waals surface area contributed by atoms with E-state index in [-0.39, 0.29) is 6.04 Å². The molecular formula is C10H9BrN2. The molecule has 1 atom stereocenters. The maximum Gasteiger partial charge on any atom is 0.100 e. The predicted octanol–water partition coefficient (Wildman–Crippen LogP) is 2.51. The number of benzene rings is 1. The first-order valence-corrected chi connectivity index (χ1v) is 4.56. The van der Waals surface area contributed by atoms with E-state index in [1.807, 2.05) is 12.1 Å². The van der Waals surface area contributed by atoms with Gasteiger partial charge >= 0.3 is 0 Å². The highest BCUT2D eigenvalue weighted by atomic mass is 79.9. The van der Waals surface area contributed by atoms with E-state index in [1.165, 1.54) is 0 Å². The molecule has 0 unspecified atom stereocenters. The van der Waals surface area contributed by atoms with E-state index in [1.54, 1.807) is 12.1 Å². The van der Waals surface area contributed by atoms with Crippen molar-refractivity contribution in [2.24, 2.45) is 5.73 Å². The molecule has 0 saturated carbocycles. The van der Waals surface area contributed by atoms with Gasteiger partial charge in [-0.1, -0.05) is 12.1 Å². The van der Waals surface area contributed by atoms with E-state index in [9.17, 15) is 0 Å². The van der Waals surface area contributed by atoms with Crippen LogP contribution in [0.2, 0.25) is 0 Å². The topological polar surface area (TPSA) is 49.8 Å². The third-order valence-electron chi connectivity index (χ3n) is 1.75. The van der Waals surface area contributed by atoms with Gasteiger partial charge in [-0.25, -0.2) is 0 Å². The molecule has 13 heavy (non-hydrogen) atoms. The van der Waals surface area contributed by atoms with Crippen LogP contribution in [0.5, 0.6) is 0 Å². The van der Waals surface area contributed by atoms with E-state index in [0.29, 0.717) is 5.56 Å². The first-order valence-electron chi connectivity index (χ1n) is 3.76. The summed E-state index contributed by atoms with van der Waals surface area (Å²) in [7, 11) is 0. The van der Waals surface area contributed by atoms with Crippen LogP contribution >= 0.6 is 15.9 Å². The van der Waals surface area contributed by atoms with Gasteiger partial charge in [0, 0.05) is 10.5 Å². The number of nitrogens with two attached hydrogens (primary N) is 1. The van der Waals surface area contributed by atoms with E-state index >= 15 is 0 Å². The lowest BCUT2D eigenvalue weighted by Gasteiger charge is -2.06. The number of nitrogens with zero attached hydrogens (tertiary/aromatic N) is 1. The molecule has 2 N–H and O–H groups in total. The standard InChI is InChI=1S/C10H9BrN2/c1-2-10(13)7-3-4-8(6-12)9(11)5-7/h2-5,10H,1,13H2/t10-/m0/s1. The third kappa shape index (κ3) is 2.18. The molecule has 0 aliphatic carbocycles. The maximum atomic E-state index is 8.67. The molecule has 1 aromatic carbocycles. The molecule has 0 radical (unpaired) electrons. The lowest BCUT2D eigenvalue weighted by Crippen LogP contribution is -2.06. The molecule has 0 aliphatic rings. The molecule has 2 nitrogen and oxygen atoms in total. The Morgan fingerprint density at radius 1 is 1.62 bits per heavy atom. The van der Waals surface area contributed by atoms with E-state index in [2.05, 4.69) is 28.6 Å². The van der Waals surface area contributed by atoms with Gasteiger partial charge in [-0.15, -0.1) is 6.58 Å². The monoisotopic (exact) mass is 236 g/mol. The Bertz CT molecular complexity index is 366. The van der Waals surface area contributed by atoms with Crippen molar-refractivity contribution >= 4 is 15.9 Å². The summed E-state index contributed by atoms with van der Waals surface area (Å²) in [4.78, 5) is 0. The maximum absolute atomic E-state index is 8.67. The molecular weight excluding hydrogens is 228 g/mol. The fourth-order valence-electron chi connectivity index (χ4n) is 0.965. The first-order chi connectivity index (χ1) is 6.19. The summed E-state index contributed by atoms with van der Waals surface area (Å²) in [6.07, 6.45) is 1.66. The molecule has 0 bridgehead atoms. The Balaban J connectivity index is 3.11. The number of hydrogen-bond donors (Lipinski definition) is 1. The van der Waals surface area contributed by atoms with Crippen LogP contribution < -0.4 is 5.73 Å². The minimum Gasteiger partial charge on any atom is -0.321 e. The molecule has 0 fully saturated rings. The van der Waals surface area contributed by atoms with Crippen molar-refractivity contribution in [3.05, 3.63) is 46.5 Å². The van der Waals surface area contributed by atoms with E-state index in [4.69, 9.17) is 11.0 Å². The Kier molecular flexibility index (Phi) is 3.24. The van der Waals surface area contributed by atoms with Crippen molar-refractivity contribution < 1.29 is 0 Å². The van der Waals surface area contributed by atoms with Gasteiger partial charge in [0.1, 0.15) is 6.07 Å². The molecule has 3 heteroatoms. The quantitative estimate of drug-likeness (QED) is 0.803. The Labute approximate surface area is 85.8 Å². The summed E-state index contributed by atoms with van der Waals surface area (Å²) < 4.78 is 0.768. The van der Waals surface area contributed by atoms with Gasteiger partial charge in [-0.3, -0.25) is 0 Å². The second-order valence-electron chi connectivity index (χ2n) is 2.61. The lowest BCUT2D eigenvalue weighted by molar-refractivity contribution is 0.913. The minimum absolute atomic E-state index is 0.177.